The fourth-order valence-corrected chi connectivity index (χ4v) is 2.29. The molecule has 0 aliphatic rings. The van der Waals surface area contributed by atoms with E-state index in [1.54, 1.807) is 23.2 Å². The number of imidazole rings is 1. The van der Waals surface area contributed by atoms with Crippen LogP contribution in [0.3, 0.4) is 0 Å². The van der Waals surface area contributed by atoms with Gasteiger partial charge in [0.1, 0.15) is 0 Å². The lowest BCUT2D eigenvalue weighted by atomic mass is 9.99. The Morgan fingerprint density at radius 2 is 1.76 bits per heavy atom. The number of nitrogens with two attached hydrogens (primary N) is 1. The third-order valence-electron chi connectivity index (χ3n) is 3.50. The highest BCUT2D eigenvalue weighted by Gasteiger charge is 2.13. The van der Waals surface area contributed by atoms with Crippen molar-refractivity contribution in [1.29, 1.82) is 0 Å². The van der Waals surface area contributed by atoms with Crippen molar-refractivity contribution in [1.82, 2.24) is 9.13 Å². The summed E-state index contributed by atoms with van der Waals surface area (Å²) in [7, 11) is 3.59. The van der Waals surface area contributed by atoms with E-state index in [0.29, 0.717) is 0 Å². The summed E-state index contributed by atoms with van der Waals surface area (Å²) in [4.78, 5) is 11.8. The molecule has 0 saturated carbocycles. The highest BCUT2D eigenvalue weighted by Crippen LogP contribution is 2.23. The molecule has 92 valence electrons. The van der Waals surface area contributed by atoms with Crippen molar-refractivity contribution in [3.05, 3.63) is 33.7 Å². The van der Waals surface area contributed by atoms with Gasteiger partial charge in [0.2, 0.25) is 0 Å². The summed E-state index contributed by atoms with van der Waals surface area (Å²) in [5.74, 6) is 0. The van der Waals surface area contributed by atoms with Crippen LogP contribution in [0.4, 0.5) is 0 Å². The lowest BCUT2D eigenvalue weighted by molar-refractivity contribution is 0.694. The lowest BCUT2D eigenvalue weighted by Gasteiger charge is -2.13. The first kappa shape index (κ1) is 11.9. The van der Waals surface area contributed by atoms with Gasteiger partial charge in [0.05, 0.1) is 11.0 Å². The van der Waals surface area contributed by atoms with Gasteiger partial charge < -0.3 is 5.73 Å². The maximum Gasteiger partial charge on any atom is 0.328 e. The molecule has 17 heavy (non-hydrogen) atoms. The minimum absolute atomic E-state index is 0.00150. The Hall–Kier alpha value is -1.55. The summed E-state index contributed by atoms with van der Waals surface area (Å²) in [6.45, 7) is 4.11. The normalized spacial score (nSPS) is 13.2. The zero-order chi connectivity index (χ0) is 12.7. The van der Waals surface area contributed by atoms with E-state index in [2.05, 4.69) is 6.92 Å². The van der Waals surface area contributed by atoms with Crippen LogP contribution in [0.15, 0.2) is 16.9 Å². The topological polar surface area (TPSA) is 52.9 Å². The Balaban J connectivity index is 2.81. The monoisotopic (exact) mass is 233 g/mol. The van der Waals surface area contributed by atoms with E-state index >= 15 is 0 Å². The molecule has 1 unspecified atom stereocenters. The predicted octanol–water partition coefficient (Wildman–Crippen LogP) is 1.60. The van der Waals surface area contributed by atoms with E-state index in [1.165, 1.54) is 0 Å². The zero-order valence-corrected chi connectivity index (χ0v) is 10.8. The van der Waals surface area contributed by atoms with Gasteiger partial charge in [-0.05, 0) is 36.6 Å². The van der Waals surface area contributed by atoms with E-state index in [0.717, 1.165) is 28.6 Å². The van der Waals surface area contributed by atoms with Crippen LogP contribution < -0.4 is 11.4 Å². The smallest absolute Gasteiger partial charge is 0.324 e. The molecule has 2 N–H and O–H groups in total. The Labute approximate surface area is 101 Å². The Bertz CT molecular complexity index is 622. The summed E-state index contributed by atoms with van der Waals surface area (Å²) in [5, 5.41) is 0. The molecule has 2 aromatic rings. The molecule has 1 heterocycles. The number of fused-ring (bicyclic) bond motifs is 1. The molecule has 4 nitrogen and oxygen atoms in total. The molecule has 0 fully saturated rings. The Kier molecular flexibility index (Phi) is 2.83. The van der Waals surface area contributed by atoms with Crippen LogP contribution in [0.25, 0.3) is 11.0 Å². The summed E-state index contributed by atoms with van der Waals surface area (Å²) >= 11 is 0. The fraction of sp³-hybridized carbons (Fsp3) is 0.462. The molecule has 1 aromatic carbocycles. The van der Waals surface area contributed by atoms with Gasteiger partial charge in [-0.15, -0.1) is 0 Å². The molecular formula is C13H19N3O. The summed E-state index contributed by atoms with van der Waals surface area (Å²) in [6.07, 6.45) is 0.896. The van der Waals surface area contributed by atoms with E-state index < -0.39 is 0 Å². The van der Waals surface area contributed by atoms with Crippen molar-refractivity contribution in [2.24, 2.45) is 19.8 Å². The van der Waals surface area contributed by atoms with Crippen LogP contribution in [-0.2, 0) is 14.1 Å². The molecule has 0 spiro atoms. The number of nitrogens with zero attached hydrogens (tertiary/aromatic N) is 2. The van der Waals surface area contributed by atoms with Crippen molar-refractivity contribution in [3.63, 3.8) is 0 Å². The summed E-state index contributed by atoms with van der Waals surface area (Å²) < 4.78 is 3.34. The van der Waals surface area contributed by atoms with Crippen LogP contribution in [0.1, 0.15) is 30.5 Å². The highest BCUT2D eigenvalue weighted by molar-refractivity contribution is 5.78. The lowest BCUT2D eigenvalue weighted by Crippen LogP contribution is -2.19. The van der Waals surface area contributed by atoms with Gasteiger partial charge in [-0.3, -0.25) is 9.13 Å². The fourth-order valence-electron chi connectivity index (χ4n) is 2.29. The maximum absolute atomic E-state index is 11.8. The first-order valence-electron chi connectivity index (χ1n) is 5.89. The second-order valence-electron chi connectivity index (χ2n) is 4.61. The van der Waals surface area contributed by atoms with Gasteiger partial charge in [0, 0.05) is 20.1 Å². The Morgan fingerprint density at radius 3 is 2.29 bits per heavy atom. The Morgan fingerprint density at radius 1 is 1.24 bits per heavy atom. The van der Waals surface area contributed by atoms with Crippen molar-refractivity contribution < 1.29 is 0 Å². The highest BCUT2D eigenvalue weighted by atomic mass is 16.1. The molecule has 0 aliphatic heterocycles. The SMILES string of the molecule is CCC(N)c1cc2c(cc1C)n(C)c(=O)n2C. The first-order valence-corrected chi connectivity index (χ1v) is 5.89. The van der Waals surface area contributed by atoms with E-state index in [4.69, 9.17) is 5.73 Å². The third-order valence-corrected chi connectivity index (χ3v) is 3.50. The quantitative estimate of drug-likeness (QED) is 0.856. The standard InChI is InChI=1S/C13H19N3O/c1-5-10(14)9-7-12-11(6-8(9)2)15(3)13(17)16(12)4/h6-7,10H,5,14H2,1-4H3. The molecule has 4 heteroatoms. The molecular weight excluding hydrogens is 214 g/mol. The van der Waals surface area contributed by atoms with E-state index in [-0.39, 0.29) is 11.7 Å². The molecule has 2 rings (SSSR count). The average molecular weight is 233 g/mol. The maximum atomic E-state index is 11.8. The average Bonchev–Trinajstić information content (AvgIpc) is 2.53. The molecule has 0 saturated heterocycles. The molecule has 1 aromatic heterocycles. The molecule has 0 amide bonds. The minimum atomic E-state index is 0.00150. The van der Waals surface area contributed by atoms with Crippen LogP contribution >= 0.6 is 0 Å². The molecule has 0 bridgehead atoms. The van der Waals surface area contributed by atoms with Crippen LogP contribution in [0.5, 0.6) is 0 Å². The second-order valence-corrected chi connectivity index (χ2v) is 4.61. The van der Waals surface area contributed by atoms with Crippen LogP contribution in [0, 0.1) is 6.92 Å². The van der Waals surface area contributed by atoms with Gasteiger partial charge >= 0.3 is 5.69 Å². The first-order chi connectivity index (χ1) is 7.97. The van der Waals surface area contributed by atoms with Crippen molar-refractivity contribution in [2.75, 3.05) is 0 Å². The van der Waals surface area contributed by atoms with Gasteiger partial charge in [0.25, 0.3) is 0 Å². The second kappa shape index (κ2) is 4.04. The van der Waals surface area contributed by atoms with Gasteiger partial charge in [0.15, 0.2) is 0 Å². The van der Waals surface area contributed by atoms with Crippen molar-refractivity contribution in [2.45, 2.75) is 26.3 Å². The zero-order valence-electron chi connectivity index (χ0n) is 10.8. The summed E-state index contributed by atoms with van der Waals surface area (Å²) in [5.41, 5.74) is 10.3. The van der Waals surface area contributed by atoms with Crippen molar-refractivity contribution in [3.8, 4) is 0 Å². The number of rotatable bonds is 2. The van der Waals surface area contributed by atoms with Gasteiger partial charge in [-0.1, -0.05) is 6.92 Å². The molecule has 0 radical (unpaired) electrons. The van der Waals surface area contributed by atoms with Gasteiger partial charge in [-0.25, -0.2) is 4.79 Å². The number of hydrogen-bond acceptors (Lipinski definition) is 2. The molecule has 0 aliphatic carbocycles. The van der Waals surface area contributed by atoms with E-state index in [9.17, 15) is 4.79 Å². The number of benzene rings is 1. The summed E-state index contributed by atoms with van der Waals surface area (Å²) in [6, 6.07) is 4.12. The molecule has 1 atom stereocenters. The third kappa shape index (κ3) is 1.69. The minimum Gasteiger partial charge on any atom is -0.324 e. The van der Waals surface area contributed by atoms with E-state index in [1.807, 2.05) is 19.1 Å². The van der Waals surface area contributed by atoms with Crippen LogP contribution in [-0.4, -0.2) is 9.13 Å². The largest absolute Gasteiger partial charge is 0.328 e. The number of aryl methyl sites for hydroxylation is 3. The predicted molar refractivity (Wildman–Crippen MR) is 70.1 cm³/mol. The van der Waals surface area contributed by atoms with Crippen molar-refractivity contribution >= 4 is 11.0 Å². The number of aromatic nitrogens is 2. The van der Waals surface area contributed by atoms with Crippen LogP contribution in [0.2, 0.25) is 0 Å². The number of hydrogen-bond donors (Lipinski definition) is 1. The van der Waals surface area contributed by atoms with Gasteiger partial charge in [-0.2, -0.15) is 0 Å².